The van der Waals surface area contributed by atoms with Gasteiger partial charge >= 0.3 is 5.69 Å². The number of aliphatic hydroxyl groups is 1. The smallest absolute Gasteiger partial charge is 0.343 e. The Balaban J connectivity index is 2.26. The van der Waals surface area contributed by atoms with E-state index in [1.54, 1.807) is 7.05 Å². The number of rotatable bonds is 1. The number of aromatic nitrogens is 3. The molecule has 2 rings (SSSR count). The molecule has 1 fully saturated rings. The molecule has 6 heteroatoms. The molecule has 1 aromatic rings. The van der Waals surface area contributed by atoms with Crippen LogP contribution in [-0.2, 0) is 7.05 Å². The van der Waals surface area contributed by atoms with Crippen LogP contribution < -0.4 is 11.0 Å². The van der Waals surface area contributed by atoms with Gasteiger partial charge in [-0.25, -0.2) is 9.89 Å². The van der Waals surface area contributed by atoms with E-state index in [2.05, 4.69) is 15.5 Å². The van der Waals surface area contributed by atoms with Gasteiger partial charge in [-0.2, -0.15) is 5.10 Å². The van der Waals surface area contributed by atoms with Crippen LogP contribution in [0.15, 0.2) is 4.79 Å². The molecule has 6 nitrogen and oxygen atoms in total. The number of aromatic amines is 1. The molecule has 0 amide bonds. The second kappa shape index (κ2) is 2.97. The zero-order chi connectivity index (χ0) is 9.42. The van der Waals surface area contributed by atoms with Crippen LogP contribution in [0.25, 0.3) is 0 Å². The lowest BCUT2D eigenvalue weighted by molar-refractivity contribution is 0.193. The van der Waals surface area contributed by atoms with E-state index in [1.165, 1.54) is 4.57 Å². The highest BCUT2D eigenvalue weighted by atomic mass is 16.3. The Morgan fingerprint density at radius 2 is 2.46 bits per heavy atom. The van der Waals surface area contributed by atoms with Crippen molar-refractivity contribution in [1.82, 2.24) is 20.1 Å². The van der Waals surface area contributed by atoms with E-state index in [0.717, 1.165) is 0 Å². The third kappa shape index (κ3) is 1.38. The third-order valence-corrected chi connectivity index (χ3v) is 2.33. The summed E-state index contributed by atoms with van der Waals surface area (Å²) in [7, 11) is 1.66. The van der Waals surface area contributed by atoms with E-state index >= 15 is 0 Å². The monoisotopic (exact) mass is 184 g/mol. The number of hydrogen-bond donors (Lipinski definition) is 3. The summed E-state index contributed by atoms with van der Waals surface area (Å²) in [6.07, 6.45) is 0.273. The minimum Gasteiger partial charge on any atom is -0.392 e. The van der Waals surface area contributed by atoms with Crippen molar-refractivity contribution in [2.75, 3.05) is 6.54 Å². The summed E-state index contributed by atoms with van der Waals surface area (Å²) < 4.78 is 1.45. The molecule has 2 atom stereocenters. The minimum atomic E-state index is -0.336. The highest BCUT2D eigenvalue weighted by molar-refractivity contribution is 4.99. The predicted molar refractivity (Wildman–Crippen MR) is 45.2 cm³/mol. The topological polar surface area (TPSA) is 82.9 Å². The molecule has 1 aliphatic heterocycles. The second-order valence-electron chi connectivity index (χ2n) is 3.30. The molecule has 72 valence electrons. The van der Waals surface area contributed by atoms with Gasteiger partial charge in [-0.3, -0.25) is 4.57 Å². The molecule has 13 heavy (non-hydrogen) atoms. The van der Waals surface area contributed by atoms with E-state index < -0.39 is 0 Å². The molecular weight excluding hydrogens is 172 g/mol. The van der Waals surface area contributed by atoms with Gasteiger partial charge in [-0.1, -0.05) is 0 Å². The number of aliphatic hydroxyl groups excluding tert-OH is 1. The van der Waals surface area contributed by atoms with Gasteiger partial charge in [-0.05, 0) is 6.42 Å². The fourth-order valence-corrected chi connectivity index (χ4v) is 1.58. The van der Waals surface area contributed by atoms with Crippen molar-refractivity contribution >= 4 is 0 Å². The number of H-pyrrole nitrogens is 1. The first kappa shape index (κ1) is 8.46. The van der Waals surface area contributed by atoms with Crippen LogP contribution in [0.5, 0.6) is 0 Å². The SMILES string of the molecule is Cn1c([C@@H]2C[C@@H](O)CN2)n[nH]c1=O. The van der Waals surface area contributed by atoms with Crippen LogP contribution in [-0.4, -0.2) is 32.5 Å². The average molecular weight is 184 g/mol. The van der Waals surface area contributed by atoms with E-state index in [-0.39, 0.29) is 17.8 Å². The lowest BCUT2D eigenvalue weighted by Gasteiger charge is -2.07. The van der Waals surface area contributed by atoms with Crippen LogP contribution in [0.4, 0.5) is 0 Å². The molecule has 3 N–H and O–H groups in total. The fourth-order valence-electron chi connectivity index (χ4n) is 1.58. The predicted octanol–water partition coefficient (Wildman–Crippen LogP) is -1.50. The van der Waals surface area contributed by atoms with Crippen LogP contribution in [0, 0.1) is 0 Å². The standard InChI is InChI=1S/C7H12N4O2/c1-11-6(9-10-7(11)13)5-2-4(12)3-8-5/h4-5,8,12H,2-3H2,1H3,(H,10,13)/t4-,5+/m1/s1. The largest absolute Gasteiger partial charge is 0.392 e. The molecule has 0 saturated carbocycles. The van der Waals surface area contributed by atoms with Crippen molar-refractivity contribution in [2.45, 2.75) is 18.6 Å². The molecule has 1 aliphatic rings. The zero-order valence-corrected chi connectivity index (χ0v) is 7.32. The van der Waals surface area contributed by atoms with Crippen LogP contribution in [0.2, 0.25) is 0 Å². The first-order valence-electron chi connectivity index (χ1n) is 4.21. The fraction of sp³-hybridized carbons (Fsp3) is 0.714. The summed E-state index contributed by atoms with van der Waals surface area (Å²) in [6.45, 7) is 0.561. The Bertz CT molecular complexity index is 356. The Labute approximate surface area is 74.6 Å². The normalized spacial score (nSPS) is 28.2. The van der Waals surface area contributed by atoms with Crippen molar-refractivity contribution in [3.63, 3.8) is 0 Å². The molecule has 0 radical (unpaired) electrons. The summed E-state index contributed by atoms with van der Waals surface area (Å²) >= 11 is 0. The van der Waals surface area contributed by atoms with E-state index in [1.807, 2.05) is 0 Å². The Kier molecular flexibility index (Phi) is 1.93. The summed E-state index contributed by atoms with van der Waals surface area (Å²) in [4.78, 5) is 11.0. The van der Waals surface area contributed by atoms with Gasteiger partial charge in [0.25, 0.3) is 0 Å². The molecule has 1 saturated heterocycles. The van der Waals surface area contributed by atoms with Gasteiger partial charge in [0.1, 0.15) is 5.82 Å². The summed E-state index contributed by atoms with van der Waals surface area (Å²) in [6, 6.07) is -0.0149. The molecule has 0 spiro atoms. The molecule has 0 unspecified atom stereocenters. The summed E-state index contributed by atoms with van der Waals surface area (Å²) in [5, 5.41) is 18.6. The highest BCUT2D eigenvalue weighted by Gasteiger charge is 2.27. The van der Waals surface area contributed by atoms with Gasteiger partial charge in [0.15, 0.2) is 0 Å². The number of hydrogen-bond acceptors (Lipinski definition) is 4. The van der Waals surface area contributed by atoms with Crippen molar-refractivity contribution in [1.29, 1.82) is 0 Å². The summed E-state index contributed by atoms with van der Waals surface area (Å²) in [5.74, 6) is 0.654. The first-order chi connectivity index (χ1) is 6.18. The van der Waals surface area contributed by atoms with Crippen molar-refractivity contribution in [3.8, 4) is 0 Å². The van der Waals surface area contributed by atoms with Crippen molar-refractivity contribution in [3.05, 3.63) is 16.3 Å². The molecular formula is C7H12N4O2. The lowest BCUT2D eigenvalue weighted by atomic mass is 10.2. The molecule has 2 heterocycles. The van der Waals surface area contributed by atoms with Gasteiger partial charge in [0, 0.05) is 13.6 Å². The van der Waals surface area contributed by atoms with Crippen LogP contribution in [0.3, 0.4) is 0 Å². The lowest BCUT2D eigenvalue weighted by Crippen LogP contribution is -2.21. The van der Waals surface area contributed by atoms with Crippen molar-refractivity contribution in [2.24, 2.45) is 7.05 Å². The quantitative estimate of drug-likeness (QED) is 0.496. The minimum absolute atomic E-state index is 0.0149. The van der Waals surface area contributed by atoms with Gasteiger partial charge in [0.05, 0.1) is 12.1 Å². The molecule has 0 aromatic carbocycles. The second-order valence-corrected chi connectivity index (χ2v) is 3.30. The van der Waals surface area contributed by atoms with Crippen LogP contribution in [0.1, 0.15) is 18.3 Å². The maximum atomic E-state index is 11.0. The third-order valence-electron chi connectivity index (χ3n) is 2.33. The first-order valence-corrected chi connectivity index (χ1v) is 4.21. The molecule has 1 aromatic heterocycles. The van der Waals surface area contributed by atoms with E-state index in [4.69, 9.17) is 0 Å². The number of β-amino-alcohol motifs (C(OH)–C–C–N with tert-alkyl or cyclic N) is 1. The Hall–Kier alpha value is -1.14. The number of nitrogens with zero attached hydrogens (tertiary/aromatic N) is 2. The maximum absolute atomic E-state index is 11.0. The van der Waals surface area contributed by atoms with E-state index in [9.17, 15) is 9.90 Å². The summed E-state index contributed by atoms with van der Waals surface area (Å²) in [5.41, 5.74) is -0.224. The van der Waals surface area contributed by atoms with E-state index in [0.29, 0.717) is 18.8 Å². The Morgan fingerprint density at radius 3 is 2.92 bits per heavy atom. The van der Waals surface area contributed by atoms with Crippen LogP contribution >= 0.6 is 0 Å². The highest BCUT2D eigenvalue weighted by Crippen LogP contribution is 2.19. The average Bonchev–Trinajstić information content (AvgIpc) is 2.62. The van der Waals surface area contributed by atoms with Gasteiger partial charge in [-0.15, -0.1) is 0 Å². The Morgan fingerprint density at radius 1 is 1.69 bits per heavy atom. The van der Waals surface area contributed by atoms with Crippen molar-refractivity contribution < 1.29 is 5.11 Å². The van der Waals surface area contributed by atoms with Gasteiger partial charge < -0.3 is 10.4 Å². The molecule has 0 bridgehead atoms. The number of nitrogens with one attached hydrogen (secondary N) is 2. The maximum Gasteiger partial charge on any atom is 0.343 e. The van der Waals surface area contributed by atoms with Gasteiger partial charge in [0.2, 0.25) is 0 Å². The molecule has 0 aliphatic carbocycles. The zero-order valence-electron chi connectivity index (χ0n) is 7.32.